The highest BCUT2D eigenvalue weighted by molar-refractivity contribution is 6.22. The molecular formula is C46H30N4O. The Bertz CT molecular complexity index is 3010. The van der Waals surface area contributed by atoms with Gasteiger partial charge in [0.25, 0.3) is 0 Å². The van der Waals surface area contributed by atoms with Gasteiger partial charge in [0.05, 0.1) is 27.8 Å². The summed E-state index contributed by atoms with van der Waals surface area (Å²) in [6.45, 7) is 0. The molecule has 10 aromatic rings. The van der Waals surface area contributed by atoms with Crippen molar-refractivity contribution in [2.75, 3.05) is 0 Å². The van der Waals surface area contributed by atoms with Gasteiger partial charge in [-0.3, -0.25) is 4.57 Å². The fourth-order valence-electron chi connectivity index (χ4n) is 8.05. The van der Waals surface area contributed by atoms with Crippen molar-refractivity contribution < 1.29 is 4.42 Å². The number of furan rings is 1. The van der Waals surface area contributed by atoms with Gasteiger partial charge in [-0.05, 0) is 49.2 Å². The molecule has 0 atom stereocenters. The number of aromatic nitrogens is 4. The molecule has 4 aromatic heterocycles. The zero-order valence-electron chi connectivity index (χ0n) is 27.6. The summed E-state index contributed by atoms with van der Waals surface area (Å²) in [5.74, 6) is 1.53. The standard InChI is InChI=1S/C46H30N4O/c1-4-14-29(15-5-1)38-26-45(48-46(47-38)30-16-6-2-7-17-30)50-39-22-12-10-20-32(39)34-24-35-36-25-37-33-21-11-13-23-43(33)51-44(37)28-42(36)49(40(35)27-41(34)50)31-18-8-3-9-19-31/h1-8,10-18,20-28H,9,19H2. The Hall–Kier alpha value is -6.72. The molecule has 0 spiro atoms. The van der Waals surface area contributed by atoms with Gasteiger partial charge in [0.15, 0.2) is 5.82 Å². The second-order valence-corrected chi connectivity index (χ2v) is 13.3. The zero-order valence-corrected chi connectivity index (χ0v) is 27.6. The van der Waals surface area contributed by atoms with Gasteiger partial charge in [-0.25, -0.2) is 9.97 Å². The minimum Gasteiger partial charge on any atom is -0.456 e. The summed E-state index contributed by atoms with van der Waals surface area (Å²) < 4.78 is 11.2. The number of hydrogen-bond donors (Lipinski definition) is 0. The molecule has 0 radical (unpaired) electrons. The number of rotatable bonds is 4. The molecule has 1 aliphatic carbocycles. The molecule has 0 aliphatic heterocycles. The normalized spacial score (nSPS) is 13.4. The van der Waals surface area contributed by atoms with Gasteiger partial charge in [0.2, 0.25) is 0 Å². The summed E-state index contributed by atoms with van der Waals surface area (Å²) in [6.07, 6.45) is 8.65. The van der Waals surface area contributed by atoms with Crippen molar-refractivity contribution in [2.24, 2.45) is 0 Å². The van der Waals surface area contributed by atoms with Crippen molar-refractivity contribution in [1.29, 1.82) is 0 Å². The highest BCUT2D eigenvalue weighted by Crippen LogP contribution is 2.43. The minimum atomic E-state index is 0.696. The molecule has 240 valence electrons. The number of nitrogens with zero attached hydrogens (tertiary/aromatic N) is 4. The smallest absolute Gasteiger partial charge is 0.162 e. The monoisotopic (exact) mass is 654 g/mol. The fraction of sp³-hybridized carbons (Fsp3) is 0.0435. The Labute approximate surface area is 293 Å². The number of para-hydroxylation sites is 2. The van der Waals surface area contributed by atoms with Crippen LogP contribution < -0.4 is 0 Å². The van der Waals surface area contributed by atoms with Gasteiger partial charge in [-0.15, -0.1) is 0 Å². The van der Waals surface area contributed by atoms with Crippen LogP contribution in [-0.2, 0) is 0 Å². The van der Waals surface area contributed by atoms with E-state index < -0.39 is 0 Å². The van der Waals surface area contributed by atoms with E-state index in [0.29, 0.717) is 5.82 Å². The van der Waals surface area contributed by atoms with Crippen LogP contribution >= 0.6 is 0 Å². The lowest BCUT2D eigenvalue weighted by Gasteiger charge is -2.15. The molecule has 5 nitrogen and oxygen atoms in total. The lowest BCUT2D eigenvalue weighted by Crippen LogP contribution is -2.03. The van der Waals surface area contributed by atoms with E-state index in [4.69, 9.17) is 14.4 Å². The average Bonchev–Trinajstić information content (AvgIpc) is 3.83. The van der Waals surface area contributed by atoms with Crippen LogP contribution in [0, 0.1) is 0 Å². The van der Waals surface area contributed by atoms with Gasteiger partial charge >= 0.3 is 0 Å². The van der Waals surface area contributed by atoms with Crippen LogP contribution in [0.15, 0.2) is 162 Å². The average molecular weight is 655 g/mol. The summed E-state index contributed by atoms with van der Waals surface area (Å²) >= 11 is 0. The van der Waals surface area contributed by atoms with E-state index in [1.54, 1.807) is 0 Å². The summed E-state index contributed by atoms with van der Waals surface area (Å²) in [7, 11) is 0. The van der Waals surface area contributed by atoms with Crippen LogP contribution in [0.2, 0.25) is 0 Å². The number of fused-ring (bicyclic) bond motifs is 9. The first-order valence-electron chi connectivity index (χ1n) is 17.5. The second-order valence-electron chi connectivity index (χ2n) is 13.3. The van der Waals surface area contributed by atoms with Gasteiger partial charge < -0.3 is 8.98 Å². The lowest BCUT2D eigenvalue weighted by atomic mass is 10.1. The first-order chi connectivity index (χ1) is 25.3. The molecule has 0 fully saturated rings. The third kappa shape index (κ3) is 4.28. The van der Waals surface area contributed by atoms with Crippen LogP contribution in [0.25, 0.3) is 99.7 Å². The third-order valence-electron chi connectivity index (χ3n) is 10.4. The Morgan fingerprint density at radius 2 is 1.16 bits per heavy atom. The predicted octanol–water partition coefficient (Wildman–Crippen LogP) is 12.1. The van der Waals surface area contributed by atoms with Crippen LogP contribution in [0.5, 0.6) is 0 Å². The molecule has 51 heavy (non-hydrogen) atoms. The van der Waals surface area contributed by atoms with E-state index in [2.05, 4.69) is 137 Å². The summed E-state index contributed by atoms with van der Waals surface area (Å²) in [4.78, 5) is 10.4. The fourth-order valence-corrected chi connectivity index (χ4v) is 8.05. The highest BCUT2D eigenvalue weighted by atomic mass is 16.3. The molecule has 5 heteroatoms. The molecule has 6 aromatic carbocycles. The van der Waals surface area contributed by atoms with Crippen LogP contribution in [0.1, 0.15) is 12.8 Å². The highest BCUT2D eigenvalue weighted by Gasteiger charge is 2.22. The van der Waals surface area contributed by atoms with Gasteiger partial charge in [0.1, 0.15) is 17.0 Å². The molecule has 0 saturated heterocycles. The van der Waals surface area contributed by atoms with Crippen molar-refractivity contribution >= 4 is 71.2 Å². The molecule has 11 rings (SSSR count). The van der Waals surface area contributed by atoms with Crippen molar-refractivity contribution in [3.05, 3.63) is 158 Å². The maximum atomic E-state index is 6.43. The molecule has 4 heterocycles. The van der Waals surface area contributed by atoms with Gasteiger partial charge in [0, 0.05) is 61.3 Å². The summed E-state index contributed by atoms with van der Waals surface area (Å²) in [6, 6.07) is 49.1. The van der Waals surface area contributed by atoms with E-state index in [0.717, 1.165) is 74.0 Å². The van der Waals surface area contributed by atoms with Crippen molar-refractivity contribution in [3.8, 4) is 28.5 Å². The van der Waals surface area contributed by atoms with Crippen LogP contribution in [0.4, 0.5) is 0 Å². The van der Waals surface area contributed by atoms with Crippen LogP contribution in [-0.4, -0.2) is 19.1 Å². The lowest BCUT2D eigenvalue weighted by molar-refractivity contribution is 0.669. The maximum Gasteiger partial charge on any atom is 0.162 e. The van der Waals surface area contributed by atoms with Crippen molar-refractivity contribution in [2.45, 2.75) is 12.8 Å². The van der Waals surface area contributed by atoms with E-state index in [-0.39, 0.29) is 0 Å². The molecule has 0 bridgehead atoms. The topological polar surface area (TPSA) is 48.8 Å². The van der Waals surface area contributed by atoms with E-state index in [1.165, 1.54) is 32.8 Å². The SMILES string of the molecule is C1=CCCC(n2c3cc4oc5ccccc5c4cc3c3cc4c5ccccc5n(-c5cc(-c6ccccc6)nc(-c6ccccc6)n5)c4cc32)=C1. The number of hydrogen-bond acceptors (Lipinski definition) is 3. The Morgan fingerprint density at radius 3 is 1.96 bits per heavy atom. The minimum absolute atomic E-state index is 0.696. The maximum absolute atomic E-state index is 6.43. The molecule has 0 N–H and O–H groups in total. The first-order valence-corrected chi connectivity index (χ1v) is 17.5. The summed E-state index contributed by atoms with van der Waals surface area (Å²) in [5, 5.41) is 7.10. The van der Waals surface area contributed by atoms with E-state index in [1.807, 2.05) is 30.3 Å². The molecular weight excluding hydrogens is 625 g/mol. The third-order valence-corrected chi connectivity index (χ3v) is 10.4. The van der Waals surface area contributed by atoms with E-state index >= 15 is 0 Å². The number of benzene rings is 6. The van der Waals surface area contributed by atoms with Gasteiger partial charge in [-0.1, -0.05) is 109 Å². The second kappa shape index (κ2) is 10.9. The first kappa shape index (κ1) is 28.2. The van der Waals surface area contributed by atoms with Crippen molar-refractivity contribution in [1.82, 2.24) is 19.1 Å². The largest absolute Gasteiger partial charge is 0.456 e. The molecule has 0 unspecified atom stereocenters. The van der Waals surface area contributed by atoms with Crippen LogP contribution in [0.3, 0.4) is 0 Å². The van der Waals surface area contributed by atoms with E-state index in [9.17, 15) is 0 Å². The summed E-state index contributed by atoms with van der Waals surface area (Å²) in [5.41, 5.74) is 10.5. The zero-order chi connectivity index (χ0) is 33.5. The quantitative estimate of drug-likeness (QED) is 0.190. The predicted molar refractivity (Wildman–Crippen MR) is 210 cm³/mol. The number of allylic oxidation sites excluding steroid dienone is 4. The molecule has 0 amide bonds. The Kier molecular flexibility index (Phi) is 6.01. The van der Waals surface area contributed by atoms with Crippen molar-refractivity contribution in [3.63, 3.8) is 0 Å². The Morgan fingerprint density at radius 1 is 0.490 bits per heavy atom. The molecule has 1 aliphatic rings. The van der Waals surface area contributed by atoms with Gasteiger partial charge in [-0.2, -0.15) is 0 Å². The molecule has 0 saturated carbocycles. The Balaban J connectivity index is 1.26.